The number of furan rings is 1. The highest BCUT2D eigenvalue weighted by Crippen LogP contribution is 2.37. The van der Waals surface area contributed by atoms with Gasteiger partial charge < -0.3 is 14.6 Å². The lowest BCUT2D eigenvalue weighted by Crippen LogP contribution is -1.86. The van der Waals surface area contributed by atoms with Gasteiger partial charge in [0.1, 0.15) is 23.0 Å². The van der Waals surface area contributed by atoms with Gasteiger partial charge in [-0.2, -0.15) is 0 Å². The number of aromatic hydroxyl groups is 2. The second-order valence-electron chi connectivity index (χ2n) is 4.18. The number of benzene rings is 1. The van der Waals surface area contributed by atoms with Gasteiger partial charge in [0.05, 0.1) is 0 Å². The van der Waals surface area contributed by atoms with Crippen LogP contribution in [-0.2, 0) is 6.42 Å². The zero-order valence-electron chi connectivity index (χ0n) is 10.2. The van der Waals surface area contributed by atoms with Gasteiger partial charge in [0.2, 0.25) is 0 Å². The maximum Gasteiger partial charge on any atom is 0.127 e. The molecule has 0 aliphatic carbocycles. The number of aryl methyl sites for hydroxylation is 3. The molecule has 0 saturated carbocycles. The Morgan fingerprint density at radius 3 is 2.24 bits per heavy atom. The van der Waals surface area contributed by atoms with E-state index in [9.17, 15) is 10.2 Å². The smallest absolute Gasteiger partial charge is 0.127 e. The van der Waals surface area contributed by atoms with Gasteiger partial charge in [0.25, 0.3) is 0 Å². The quantitative estimate of drug-likeness (QED) is 0.832. The molecular weight excluding hydrogens is 216 g/mol. The summed E-state index contributed by atoms with van der Waals surface area (Å²) in [5, 5.41) is 19.6. The van der Waals surface area contributed by atoms with Crippen molar-refractivity contribution < 1.29 is 14.6 Å². The Labute approximate surface area is 100 Å². The summed E-state index contributed by atoms with van der Waals surface area (Å²) in [7, 11) is 0. The van der Waals surface area contributed by atoms with Gasteiger partial charge in [-0.15, -0.1) is 0 Å². The fraction of sp³-hybridized carbons (Fsp3) is 0.286. The number of rotatable bonds is 2. The summed E-state index contributed by atoms with van der Waals surface area (Å²) >= 11 is 0. The van der Waals surface area contributed by atoms with Crippen LogP contribution in [0.3, 0.4) is 0 Å². The van der Waals surface area contributed by atoms with Crippen molar-refractivity contribution in [3.63, 3.8) is 0 Å². The summed E-state index contributed by atoms with van der Waals surface area (Å²) in [5.74, 6) is 1.78. The highest BCUT2D eigenvalue weighted by molar-refractivity contribution is 5.74. The number of hydrogen-bond acceptors (Lipinski definition) is 3. The lowest BCUT2D eigenvalue weighted by Gasteiger charge is -2.08. The van der Waals surface area contributed by atoms with E-state index in [0.717, 1.165) is 29.1 Å². The molecular formula is C14H16O3. The third-order valence-corrected chi connectivity index (χ3v) is 2.91. The summed E-state index contributed by atoms with van der Waals surface area (Å²) in [6.45, 7) is 5.69. The van der Waals surface area contributed by atoms with E-state index in [1.54, 1.807) is 0 Å². The Bertz CT molecular complexity index is 553. The fourth-order valence-electron chi connectivity index (χ4n) is 2.02. The van der Waals surface area contributed by atoms with Crippen LogP contribution in [0, 0.1) is 13.8 Å². The number of hydrogen-bond donors (Lipinski definition) is 2. The SMILES string of the molecule is CCc1cc(-c2cc(C)oc2C)c(O)cc1O. The molecule has 0 spiro atoms. The first-order valence-corrected chi connectivity index (χ1v) is 5.65. The van der Waals surface area contributed by atoms with Crippen molar-refractivity contribution in [2.45, 2.75) is 27.2 Å². The van der Waals surface area contributed by atoms with Crippen LogP contribution in [0.1, 0.15) is 24.0 Å². The maximum absolute atomic E-state index is 9.90. The molecule has 2 rings (SSSR count). The maximum atomic E-state index is 9.90. The van der Waals surface area contributed by atoms with Crippen LogP contribution < -0.4 is 0 Å². The summed E-state index contributed by atoms with van der Waals surface area (Å²) in [6.07, 6.45) is 0.717. The standard InChI is InChI=1S/C14H16O3/c1-4-10-6-12(14(16)7-13(10)15)11-5-8(2)17-9(11)3/h5-7,15-16H,4H2,1-3H3. The second kappa shape index (κ2) is 4.17. The summed E-state index contributed by atoms with van der Waals surface area (Å²) in [4.78, 5) is 0. The Kier molecular flexibility index (Phi) is 2.84. The summed E-state index contributed by atoms with van der Waals surface area (Å²) < 4.78 is 5.45. The van der Waals surface area contributed by atoms with Crippen LogP contribution in [0.5, 0.6) is 11.5 Å². The first-order chi connectivity index (χ1) is 8.02. The molecule has 2 N–H and O–H groups in total. The first kappa shape index (κ1) is 11.6. The molecule has 1 aromatic carbocycles. The molecule has 1 aromatic heterocycles. The van der Waals surface area contributed by atoms with Crippen LogP contribution in [0.4, 0.5) is 0 Å². The molecule has 0 atom stereocenters. The highest BCUT2D eigenvalue weighted by Gasteiger charge is 2.14. The second-order valence-corrected chi connectivity index (χ2v) is 4.18. The molecule has 17 heavy (non-hydrogen) atoms. The molecule has 0 saturated heterocycles. The minimum atomic E-state index is 0.0728. The zero-order chi connectivity index (χ0) is 12.6. The van der Waals surface area contributed by atoms with Gasteiger partial charge in [-0.1, -0.05) is 6.92 Å². The molecule has 0 radical (unpaired) electrons. The van der Waals surface area contributed by atoms with Crippen LogP contribution >= 0.6 is 0 Å². The van der Waals surface area contributed by atoms with Gasteiger partial charge >= 0.3 is 0 Å². The average molecular weight is 232 g/mol. The summed E-state index contributed by atoms with van der Waals surface area (Å²) in [6, 6.07) is 5.08. The first-order valence-electron chi connectivity index (χ1n) is 5.65. The van der Waals surface area contributed by atoms with Crippen LogP contribution in [0.2, 0.25) is 0 Å². The van der Waals surface area contributed by atoms with E-state index in [2.05, 4.69) is 0 Å². The van der Waals surface area contributed by atoms with Crippen molar-refractivity contribution in [3.8, 4) is 22.6 Å². The number of phenols is 2. The van der Waals surface area contributed by atoms with Crippen LogP contribution in [0.25, 0.3) is 11.1 Å². The largest absolute Gasteiger partial charge is 0.508 e. The predicted octanol–water partition coefficient (Wildman–Crippen LogP) is 3.54. The monoisotopic (exact) mass is 232 g/mol. The Balaban J connectivity index is 2.63. The molecule has 2 aromatic rings. The van der Waals surface area contributed by atoms with Gasteiger partial charge in [0, 0.05) is 17.2 Å². The van der Waals surface area contributed by atoms with E-state index >= 15 is 0 Å². The molecule has 0 fully saturated rings. The normalized spacial score (nSPS) is 10.8. The van der Waals surface area contributed by atoms with E-state index in [4.69, 9.17) is 4.42 Å². The predicted molar refractivity (Wildman–Crippen MR) is 66.3 cm³/mol. The van der Waals surface area contributed by atoms with Gasteiger partial charge in [-0.25, -0.2) is 0 Å². The van der Waals surface area contributed by atoms with Crippen molar-refractivity contribution in [2.24, 2.45) is 0 Å². The van der Waals surface area contributed by atoms with Crippen molar-refractivity contribution >= 4 is 0 Å². The topological polar surface area (TPSA) is 53.6 Å². The Morgan fingerprint density at radius 1 is 1.00 bits per heavy atom. The zero-order valence-corrected chi connectivity index (χ0v) is 10.2. The molecule has 3 nitrogen and oxygen atoms in total. The summed E-state index contributed by atoms with van der Waals surface area (Å²) in [5.41, 5.74) is 2.39. The lowest BCUT2D eigenvalue weighted by molar-refractivity contribution is 0.447. The van der Waals surface area contributed by atoms with E-state index < -0.39 is 0 Å². The van der Waals surface area contributed by atoms with Crippen molar-refractivity contribution in [1.82, 2.24) is 0 Å². The van der Waals surface area contributed by atoms with Crippen molar-refractivity contribution in [1.29, 1.82) is 0 Å². The minimum absolute atomic E-state index is 0.0728. The van der Waals surface area contributed by atoms with E-state index in [1.807, 2.05) is 32.9 Å². The molecule has 0 bridgehead atoms. The fourth-order valence-corrected chi connectivity index (χ4v) is 2.02. The minimum Gasteiger partial charge on any atom is -0.508 e. The third-order valence-electron chi connectivity index (χ3n) is 2.91. The highest BCUT2D eigenvalue weighted by atomic mass is 16.3. The van der Waals surface area contributed by atoms with Crippen molar-refractivity contribution in [2.75, 3.05) is 0 Å². The van der Waals surface area contributed by atoms with Crippen LogP contribution in [0.15, 0.2) is 22.6 Å². The van der Waals surface area contributed by atoms with Crippen molar-refractivity contribution in [3.05, 3.63) is 35.3 Å². The molecule has 0 aliphatic heterocycles. The van der Waals surface area contributed by atoms with Gasteiger partial charge in [-0.3, -0.25) is 0 Å². The Morgan fingerprint density at radius 2 is 1.71 bits per heavy atom. The molecule has 1 heterocycles. The molecule has 90 valence electrons. The van der Waals surface area contributed by atoms with E-state index in [1.165, 1.54) is 6.07 Å². The third kappa shape index (κ3) is 2.00. The molecule has 0 unspecified atom stereocenters. The van der Waals surface area contributed by atoms with E-state index in [-0.39, 0.29) is 11.5 Å². The average Bonchev–Trinajstić information content (AvgIpc) is 2.58. The Hall–Kier alpha value is -1.90. The van der Waals surface area contributed by atoms with Gasteiger partial charge in [-0.05, 0) is 38.0 Å². The molecule has 0 aliphatic rings. The number of phenolic OH excluding ortho intramolecular Hbond substituents is 2. The van der Waals surface area contributed by atoms with E-state index in [0.29, 0.717) is 5.56 Å². The van der Waals surface area contributed by atoms with Crippen LogP contribution in [-0.4, -0.2) is 10.2 Å². The molecule has 0 amide bonds. The molecule has 3 heteroatoms. The van der Waals surface area contributed by atoms with Gasteiger partial charge in [0.15, 0.2) is 0 Å². The lowest BCUT2D eigenvalue weighted by atomic mass is 10.0.